The second kappa shape index (κ2) is 13.1. The van der Waals surface area contributed by atoms with Crippen LogP contribution in [0.4, 0.5) is 21.9 Å². The second-order valence-electron chi connectivity index (χ2n) is 8.38. The van der Waals surface area contributed by atoms with E-state index in [0.717, 1.165) is 4.47 Å². The van der Waals surface area contributed by atoms with Crippen LogP contribution in [0.25, 0.3) is 0 Å². The monoisotopic (exact) mass is 562 g/mol. The highest BCUT2D eigenvalue weighted by Gasteiger charge is 2.26. The normalized spacial score (nSPS) is 12.4. The number of phenols is 1. The molecule has 5 N–H and O–H groups in total. The lowest BCUT2D eigenvalue weighted by molar-refractivity contribution is -0.111. The lowest BCUT2D eigenvalue weighted by Gasteiger charge is -2.25. The van der Waals surface area contributed by atoms with Gasteiger partial charge in [-0.15, -0.1) is 0 Å². The zero-order valence-corrected chi connectivity index (χ0v) is 21.7. The zero-order valence-electron chi connectivity index (χ0n) is 20.1. The number of nitriles is 1. The number of nitrogen functional groups attached to an aromatic ring is 1. The van der Waals surface area contributed by atoms with Gasteiger partial charge in [0.1, 0.15) is 11.9 Å². The molecule has 3 rings (SSSR count). The molecule has 0 fully saturated rings. The van der Waals surface area contributed by atoms with Crippen molar-refractivity contribution in [1.82, 2.24) is 0 Å². The summed E-state index contributed by atoms with van der Waals surface area (Å²) in [5, 5.41) is 24.8. The number of carbonyl (C=O) groups is 2. The number of rotatable bonds is 9. The molecule has 2 amide bonds. The highest BCUT2D eigenvalue weighted by molar-refractivity contribution is 9.10. The number of benzene rings is 3. The topological polar surface area (TPSA) is 137 Å². The number of aromatic hydroxyl groups is 1. The van der Waals surface area contributed by atoms with Gasteiger partial charge in [-0.1, -0.05) is 41.1 Å². The zero-order chi connectivity index (χ0) is 26.8. The van der Waals surface area contributed by atoms with Gasteiger partial charge < -0.3 is 20.9 Å². The molecule has 37 heavy (non-hydrogen) atoms. The maximum Gasteiger partial charge on any atom is 0.412 e. The number of anilines is 3. The minimum Gasteiger partial charge on any atom is -0.508 e. The van der Waals surface area contributed by atoms with Crippen LogP contribution in [0.3, 0.4) is 0 Å². The summed E-state index contributed by atoms with van der Waals surface area (Å²) in [4.78, 5) is 24.9. The Morgan fingerprint density at radius 1 is 1.14 bits per heavy atom. The number of para-hydroxylation sites is 2. The smallest absolute Gasteiger partial charge is 0.412 e. The van der Waals surface area contributed by atoms with E-state index < -0.39 is 12.2 Å². The number of nitrogens with two attached hydrogens (primary N) is 1. The minimum atomic E-state index is -0.762. The van der Waals surface area contributed by atoms with Crippen molar-refractivity contribution in [2.75, 3.05) is 16.4 Å². The first-order chi connectivity index (χ1) is 17.8. The summed E-state index contributed by atoms with van der Waals surface area (Å²) < 4.78 is 6.48. The largest absolute Gasteiger partial charge is 0.508 e. The van der Waals surface area contributed by atoms with Gasteiger partial charge in [0.25, 0.3) is 0 Å². The third-order valence-corrected chi connectivity index (χ3v) is 6.08. The number of ether oxygens (including phenoxy) is 1. The Morgan fingerprint density at radius 3 is 2.57 bits per heavy atom. The number of nitrogens with one attached hydrogen (secondary N) is 2. The maximum atomic E-state index is 12.7. The molecule has 3 aromatic rings. The minimum absolute atomic E-state index is 0.00147. The quantitative estimate of drug-likeness (QED) is 0.173. The lowest BCUT2D eigenvalue weighted by atomic mass is 9.92. The first-order valence-corrected chi connectivity index (χ1v) is 12.3. The number of carbonyl (C=O) groups excluding carboxylic acids is 2. The molecule has 0 saturated carbocycles. The summed E-state index contributed by atoms with van der Waals surface area (Å²) in [5.74, 6) is -0.504. The molecule has 9 heteroatoms. The fraction of sp³-hybridized carbons (Fsp3) is 0.179. The van der Waals surface area contributed by atoms with Gasteiger partial charge in [0.05, 0.1) is 23.0 Å². The van der Waals surface area contributed by atoms with Gasteiger partial charge in [-0.05, 0) is 79.4 Å². The lowest BCUT2D eigenvalue weighted by Crippen LogP contribution is -2.22. The third kappa shape index (κ3) is 8.12. The Hall–Kier alpha value is -4.29. The average Bonchev–Trinajstić information content (AvgIpc) is 2.88. The second-order valence-corrected chi connectivity index (χ2v) is 9.29. The number of allylic oxidation sites excluding steroid dienone is 1. The Morgan fingerprint density at radius 2 is 1.86 bits per heavy atom. The molecule has 0 aliphatic heterocycles. The predicted octanol–water partition coefficient (Wildman–Crippen LogP) is 6.51. The molecule has 0 saturated heterocycles. The Bertz CT molecular complexity index is 1320. The van der Waals surface area contributed by atoms with Crippen LogP contribution in [0, 0.1) is 17.2 Å². The van der Waals surface area contributed by atoms with Gasteiger partial charge in [0.2, 0.25) is 5.91 Å². The van der Waals surface area contributed by atoms with Crippen molar-refractivity contribution in [2.24, 2.45) is 5.92 Å². The fourth-order valence-electron chi connectivity index (χ4n) is 3.62. The Labute approximate surface area is 223 Å². The molecule has 0 aliphatic rings. The van der Waals surface area contributed by atoms with Gasteiger partial charge in [0.15, 0.2) is 0 Å². The number of hydrogen-bond acceptors (Lipinski definition) is 6. The van der Waals surface area contributed by atoms with Crippen molar-refractivity contribution in [3.05, 3.63) is 94.5 Å². The van der Waals surface area contributed by atoms with Crippen molar-refractivity contribution in [2.45, 2.75) is 25.9 Å². The first-order valence-electron chi connectivity index (χ1n) is 11.5. The van der Waals surface area contributed by atoms with E-state index in [-0.39, 0.29) is 17.6 Å². The Balaban J connectivity index is 1.65. The summed E-state index contributed by atoms with van der Waals surface area (Å²) >= 11 is 3.40. The Kier molecular flexibility index (Phi) is 9.69. The van der Waals surface area contributed by atoms with Crippen LogP contribution in [0.5, 0.6) is 5.75 Å². The van der Waals surface area contributed by atoms with Crippen LogP contribution < -0.4 is 16.4 Å². The highest BCUT2D eigenvalue weighted by Crippen LogP contribution is 2.36. The van der Waals surface area contributed by atoms with Crippen molar-refractivity contribution >= 4 is 45.0 Å². The van der Waals surface area contributed by atoms with Gasteiger partial charge in [-0.25, -0.2) is 4.79 Å². The van der Waals surface area contributed by atoms with Gasteiger partial charge in [0, 0.05) is 15.7 Å². The van der Waals surface area contributed by atoms with Gasteiger partial charge in [-0.3, -0.25) is 10.1 Å². The molecule has 0 radical (unpaired) electrons. The predicted molar refractivity (Wildman–Crippen MR) is 147 cm³/mol. The molecular weight excluding hydrogens is 536 g/mol. The summed E-state index contributed by atoms with van der Waals surface area (Å²) in [6, 6.07) is 20.3. The molecule has 2 atom stereocenters. The van der Waals surface area contributed by atoms with E-state index in [2.05, 4.69) is 26.6 Å². The van der Waals surface area contributed by atoms with Crippen LogP contribution >= 0.6 is 15.9 Å². The molecule has 0 unspecified atom stereocenters. The van der Waals surface area contributed by atoms with E-state index in [0.29, 0.717) is 41.0 Å². The van der Waals surface area contributed by atoms with E-state index in [1.54, 1.807) is 66.7 Å². The molecule has 3 aromatic carbocycles. The number of nitrogens with zero attached hydrogens (tertiary/aromatic N) is 1. The number of halogens is 1. The van der Waals surface area contributed by atoms with Crippen LogP contribution in [-0.4, -0.2) is 17.1 Å². The van der Waals surface area contributed by atoms with Crippen molar-refractivity contribution in [3.63, 3.8) is 0 Å². The van der Waals surface area contributed by atoms with E-state index in [1.165, 1.54) is 12.1 Å². The van der Waals surface area contributed by atoms with Crippen molar-refractivity contribution < 1.29 is 19.4 Å². The molecule has 0 aliphatic carbocycles. The fourth-order valence-corrected chi connectivity index (χ4v) is 4.00. The molecule has 8 nitrogen and oxygen atoms in total. The van der Waals surface area contributed by atoms with Gasteiger partial charge >= 0.3 is 6.09 Å². The maximum absolute atomic E-state index is 12.7. The highest BCUT2D eigenvalue weighted by atomic mass is 79.9. The molecule has 190 valence electrons. The summed E-state index contributed by atoms with van der Waals surface area (Å²) in [6.45, 7) is 1.90. The molecule has 0 aromatic heterocycles. The van der Waals surface area contributed by atoms with Crippen LogP contribution in [-0.2, 0) is 9.53 Å². The SMILES string of the molecule is C[C@H](CC/C=C/C(=O)Nc1ccccc1N)[C@H](OC(=O)Nc1ccc(C#N)cc1)c1cc(Br)ccc1O. The third-order valence-electron chi connectivity index (χ3n) is 5.58. The van der Waals surface area contributed by atoms with Crippen molar-refractivity contribution in [1.29, 1.82) is 5.26 Å². The van der Waals surface area contributed by atoms with E-state index in [4.69, 9.17) is 15.7 Å². The summed E-state index contributed by atoms with van der Waals surface area (Å²) in [7, 11) is 0. The molecule has 0 heterocycles. The van der Waals surface area contributed by atoms with E-state index in [9.17, 15) is 14.7 Å². The summed E-state index contributed by atoms with van der Waals surface area (Å²) in [5.41, 5.74) is 8.27. The molecule has 0 spiro atoms. The van der Waals surface area contributed by atoms with Crippen LogP contribution in [0.2, 0.25) is 0 Å². The number of phenolic OH excluding ortho intramolecular Hbond substituents is 1. The summed E-state index contributed by atoms with van der Waals surface area (Å²) in [6.07, 6.45) is 2.81. The first kappa shape index (κ1) is 27.3. The van der Waals surface area contributed by atoms with Crippen molar-refractivity contribution in [3.8, 4) is 11.8 Å². The van der Waals surface area contributed by atoms with Gasteiger partial charge in [-0.2, -0.15) is 5.26 Å². The molecular formula is C28H27BrN4O4. The van der Waals surface area contributed by atoms with E-state index in [1.807, 2.05) is 13.0 Å². The number of hydrogen-bond donors (Lipinski definition) is 4. The van der Waals surface area contributed by atoms with Crippen LogP contribution in [0.1, 0.15) is 37.0 Å². The average molecular weight is 563 g/mol. The number of amides is 2. The molecule has 0 bridgehead atoms. The standard InChI is InChI=1S/C28H27BrN4O4/c1-18(6-2-5-9-26(35)33-24-8-4-3-7-23(24)31)27(22-16-20(29)12-15-25(22)34)37-28(36)32-21-13-10-19(17-30)11-14-21/h3-5,7-16,18,27,34H,2,6,31H2,1H3,(H,32,36)(H,33,35)/b9-5+/t18-,27+/m1/s1. The van der Waals surface area contributed by atoms with E-state index >= 15 is 0 Å². The van der Waals surface area contributed by atoms with Crippen LogP contribution in [0.15, 0.2) is 83.4 Å².